The lowest BCUT2D eigenvalue weighted by atomic mass is 10.1. The van der Waals surface area contributed by atoms with Crippen LogP contribution in [0, 0.1) is 0 Å². The van der Waals surface area contributed by atoms with Crippen LogP contribution in [0.4, 0.5) is 0 Å². The molecule has 3 heterocycles. The van der Waals surface area contributed by atoms with Gasteiger partial charge in [-0.05, 0) is 28.5 Å². The van der Waals surface area contributed by atoms with Gasteiger partial charge in [0.05, 0.1) is 6.20 Å². The zero-order valence-electron chi connectivity index (χ0n) is 16.6. The molecule has 1 aliphatic rings. The Morgan fingerprint density at radius 3 is 2.30 bits per heavy atom. The first-order valence-corrected chi connectivity index (χ1v) is 11.1. The molecule has 0 radical (unpaired) electrons. The zero-order valence-corrected chi connectivity index (χ0v) is 18.2. The molecule has 0 saturated carbocycles. The lowest BCUT2D eigenvalue weighted by Gasteiger charge is -2.39. The predicted molar refractivity (Wildman–Crippen MR) is 111 cm³/mol. The van der Waals surface area contributed by atoms with Gasteiger partial charge in [0.2, 0.25) is 0 Å². The molecule has 1 aliphatic heterocycles. The van der Waals surface area contributed by atoms with Crippen molar-refractivity contribution in [3.8, 4) is 16.9 Å². The van der Waals surface area contributed by atoms with Crippen molar-refractivity contribution in [3.05, 3.63) is 35.3 Å². The van der Waals surface area contributed by atoms with E-state index >= 15 is 0 Å². The van der Waals surface area contributed by atoms with Gasteiger partial charge in [-0.15, -0.1) is 11.8 Å². The first kappa shape index (κ1) is 22.1. The van der Waals surface area contributed by atoms with Gasteiger partial charge in [-0.25, -0.2) is 0 Å². The summed E-state index contributed by atoms with van der Waals surface area (Å²) in [5.74, 6) is -0.897. The normalized spacial score (nSPS) is 23.3. The first-order valence-electron chi connectivity index (χ1n) is 9.11. The third kappa shape index (κ3) is 5.73. The number of thioether (sulfide) groups is 1. The standard InChI is InChI=1S/C20H21NO7S2/c1-11(22)25-17-10-30-20(19(27-13(3)24)18(17)26-12(2)23)28-16-6-15(7-21-8-16)14-4-5-29-9-14/h4-9,17-20H,10H2,1-3H3/t17-,18+,19-,20+/m1/s1. The summed E-state index contributed by atoms with van der Waals surface area (Å²) in [7, 11) is 0. The van der Waals surface area contributed by atoms with E-state index < -0.39 is 41.7 Å². The van der Waals surface area contributed by atoms with Gasteiger partial charge in [-0.1, -0.05) is 0 Å². The van der Waals surface area contributed by atoms with E-state index in [-0.39, 0.29) is 0 Å². The molecule has 8 nitrogen and oxygen atoms in total. The number of carbonyl (C=O) groups is 3. The third-order valence-corrected chi connectivity index (χ3v) is 6.02. The second-order valence-corrected chi connectivity index (χ2v) is 8.45. The number of pyridine rings is 1. The van der Waals surface area contributed by atoms with Gasteiger partial charge in [-0.3, -0.25) is 19.4 Å². The Bertz CT molecular complexity index is 902. The lowest BCUT2D eigenvalue weighted by molar-refractivity contribution is -0.186. The smallest absolute Gasteiger partial charge is 0.303 e. The van der Waals surface area contributed by atoms with Crippen LogP contribution in [-0.4, -0.2) is 52.4 Å². The van der Waals surface area contributed by atoms with Gasteiger partial charge < -0.3 is 18.9 Å². The highest BCUT2D eigenvalue weighted by Crippen LogP contribution is 2.35. The van der Waals surface area contributed by atoms with Crippen molar-refractivity contribution in [1.82, 2.24) is 4.98 Å². The van der Waals surface area contributed by atoms with Crippen LogP contribution in [0.25, 0.3) is 11.1 Å². The van der Waals surface area contributed by atoms with Gasteiger partial charge in [0, 0.05) is 38.3 Å². The van der Waals surface area contributed by atoms with Crippen molar-refractivity contribution in [2.75, 3.05) is 5.75 Å². The van der Waals surface area contributed by atoms with Crippen LogP contribution in [0.15, 0.2) is 35.3 Å². The van der Waals surface area contributed by atoms with E-state index in [0.29, 0.717) is 11.5 Å². The highest BCUT2D eigenvalue weighted by molar-refractivity contribution is 7.99. The number of ether oxygens (including phenoxy) is 4. The van der Waals surface area contributed by atoms with E-state index in [1.54, 1.807) is 23.7 Å². The summed E-state index contributed by atoms with van der Waals surface area (Å²) in [5, 5.41) is 3.97. The van der Waals surface area contributed by atoms with Crippen molar-refractivity contribution < 1.29 is 33.3 Å². The Balaban J connectivity index is 1.85. The van der Waals surface area contributed by atoms with E-state index in [2.05, 4.69) is 4.98 Å². The summed E-state index contributed by atoms with van der Waals surface area (Å²) < 4.78 is 22.2. The average Bonchev–Trinajstić information content (AvgIpc) is 3.20. The summed E-state index contributed by atoms with van der Waals surface area (Å²) in [5.41, 5.74) is 1.20. The molecule has 2 aromatic rings. The molecule has 3 rings (SSSR count). The molecule has 0 aromatic carbocycles. The van der Waals surface area contributed by atoms with Crippen molar-refractivity contribution >= 4 is 41.0 Å². The summed E-state index contributed by atoms with van der Waals surface area (Å²) in [6.45, 7) is 3.75. The fourth-order valence-electron chi connectivity index (χ4n) is 3.01. The summed E-state index contributed by atoms with van der Waals surface area (Å²) in [6, 6.07) is 3.81. The molecular weight excluding hydrogens is 430 g/mol. The molecule has 160 valence electrons. The minimum Gasteiger partial charge on any atom is -0.474 e. The third-order valence-electron chi connectivity index (χ3n) is 4.12. The van der Waals surface area contributed by atoms with E-state index in [1.807, 2.05) is 22.9 Å². The van der Waals surface area contributed by atoms with Crippen molar-refractivity contribution in [2.24, 2.45) is 0 Å². The predicted octanol–water partition coefficient (Wildman–Crippen LogP) is 3.06. The van der Waals surface area contributed by atoms with Crippen LogP contribution in [0.2, 0.25) is 0 Å². The number of nitrogens with zero attached hydrogens (tertiary/aromatic N) is 1. The molecule has 2 aromatic heterocycles. The topological polar surface area (TPSA) is 101 Å². The summed E-state index contributed by atoms with van der Waals surface area (Å²) in [4.78, 5) is 39.1. The van der Waals surface area contributed by atoms with E-state index in [9.17, 15) is 14.4 Å². The molecule has 0 bridgehead atoms. The second kappa shape index (κ2) is 9.94. The molecule has 0 unspecified atom stereocenters. The number of rotatable bonds is 6. The number of esters is 3. The van der Waals surface area contributed by atoms with Crippen molar-refractivity contribution in [1.29, 1.82) is 0 Å². The fourth-order valence-corrected chi connectivity index (χ4v) is 4.90. The van der Waals surface area contributed by atoms with E-state index in [4.69, 9.17) is 18.9 Å². The minimum absolute atomic E-state index is 0.303. The van der Waals surface area contributed by atoms with Gasteiger partial charge in [0.15, 0.2) is 23.7 Å². The molecule has 1 saturated heterocycles. The van der Waals surface area contributed by atoms with Crippen molar-refractivity contribution in [3.63, 3.8) is 0 Å². The minimum atomic E-state index is -0.991. The number of aromatic nitrogens is 1. The van der Waals surface area contributed by atoms with Crippen molar-refractivity contribution in [2.45, 2.75) is 44.5 Å². The molecule has 0 N–H and O–H groups in total. The van der Waals surface area contributed by atoms with Crippen LogP contribution in [0.3, 0.4) is 0 Å². The summed E-state index contributed by atoms with van der Waals surface area (Å²) >= 11 is 2.87. The van der Waals surface area contributed by atoms with Crippen LogP contribution >= 0.6 is 23.1 Å². The second-order valence-electron chi connectivity index (χ2n) is 6.54. The fraction of sp³-hybridized carbons (Fsp3) is 0.400. The molecule has 1 fully saturated rings. The largest absolute Gasteiger partial charge is 0.474 e. The SMILES string of the molecule is CC(=O)O[C@@H]1[C@@H](OC(C)=O)[C@@H](Oc2cncc(-c3ccsc3)c2)SC[C@H]1OC(C)=O. The quantitative estimate of drug-likeness (QED) is 0.484. The molecule has 0 spiro atoms. The maximum Gasteiger partial charge on any atom is 0.303 e. The maximum absolute atomic E-state index is 11.7. The maximum atomic E-state index is 11.7. The van der Waals surface area contributed by atoms with Gasteiger partial charge in [0.25, 0.3) is 0 Å². The number of hydrogen-bond acceptors (Lipinski definition) is 10. The molecule has 10 heteroatoms. The monoisotopic (exact) mass is 451 g/mol. The van der Waals surface area contributed by atoms with Gasteiger partial charge in [0.1, 0.15) is 5.75 Å². The summed E-state index contributed by atoms with van der Waals surface area (Å²) in [6.07, 6.45) is 0.551. The molecule has 0 amide bonds. The lowest BCUT2D eigenvalue weighted by Crippen LogP contribution is -2.55. The number of carbonyl (C=O) groups excluding carboxylic acids is 3. The van der Waals surface area contributed by atoms with Gasteiger partial charge in [-0.2, -0.15) is 11.3 Å². The van der Waals surface area contributed by atoms with Crippen LogP contribution < -0.4 is 4.74 Å². The Hall–Kier alpha value is -2.59. The molecule has 0 aliphatic carbocycles. The molecule has 4 atom stereocenters. The molecule has 30 heavy (non-hydrogen) atoms. The number of hydrogen-bond donors (Lipinski definition) is 0. The Morgan fingerprint density at radius 1 is 0.967 bits per heavy atom. The zero-order chi connectivity index (χ0) is 21.7. The Kier molecular flexibility index (Phi) is 7.33. The average molecular weight is 452 g/mol. The Morgan fingerprint density at radius 2 is 1.67 bits per heavy atom. The van der Waals surface area contributed by atoms with E-state index in [1.165, 1.54) is 32.5 Å². The van der Waals surface area contributed by atoms with E-state index in [0.717, 1.165) is 11.1 Å². The Labute approximate surface area is 181 Å². The van der Waals surface area contributed by atoms with Gasteiger partial charge >= 0.3 is 17.9 Å². The first-order chi connectivity index (χ1) is 14.3. The van der Waals surface area contributed by atoms with Crippen LogP contribution in [0.5, 0.6) is 5.75 Å². The molecular formula is C20H21NO7S2. The highest BCUT2D eigenvalue weighted by Gasteiger charge is 2.47. The number of thiophene rings is 1. The highest BCUT2D eigenvalue weighted by atomic mass is 32.2. The van der Waals surface area contributed by atoms with Crippen LogP contribution in [-0.2, 0) is 28.6 Å². The van der Waals surface area contributed by atoms with Crippen LogP contribution in [0.1, 0.15) is 20.8 Å².